The molecule has 0 saturated carbocycles. The molecule has 1 N–H and O–H groups in total. The lowest BCUT2D eigenvalue weighted by atomic mass is 10.2. The van der Waals surface area contributed by atoms with Gasteiger partial charge in [-0.15, -0.1) is 11.6 Å². The van der Waals surface area contributed by atoms with E-state index >= 15 is 0 Å². The van der Waals surface area contributed by atoms with Crippen molar-refractivity contribution in [2.75, 3.05) is 11.4 Å². The van der Waals surface area contributed by atoms with Crippen LogP contribution in [0.5, 0.6) is 0 Å². The van der Waals surface area contributed by atoms with Gasteiger partial charge < -0.3 is 10.0 Å². The van der Waals surface area contributed by atoms with Crippen LogP contribution in [0.1, 0.15) is 18.9 Å². The van der Waals surface area contributed by atoms with Crippen LogP contribution in [0.2, 0.25) is 0 Å². The first-order chi connectivity index (χ1) is 9.32. The lowest BCUT2D eigenvalue weighted by Gasteiger charge is -2.23. The maximum Gasteiger partial charge on any atom is 0.368 e. The van der Waals surface area contributed by atoms with Crippen LogP contribution in [-0.4, -0.2) is 36.4 Å². The van der Waals surface area contributed by atoms with Gasteiger partial charge in [0, 0.05) is 17.6 Å². The van der Waals surface area contributed by atoms with Gasteiger partial charge >= 0.3 is 5.97 Å². The molecule has 0 aliphatic heterocycles. The summed E-state index contributed by atoms with van der Waals surface area (Å²) in [6, 6.07) is 6.95. The number of carboxylic acids is 1. The zero-order valence-corrected chi connectivity index (χ0v) is 12.8. The molecule has 1 atom stereocenters. The van der Waals surface area contributed by atoms with Gasteiger partial charge in [-0.3, -0.25) is 0 Å². The average molecular weight is 318 g/mol. The molecule has 0 aliphatic carbocycles. The minimum Gasteiger partial charge on any atom is -0.476 e. The van der Waals surface area contributed by atoms with Crippen LogP contribution < -0.4 is 4.90 Å². The number of alkyl halides is 1. The molecule has 0 fully saturated rings. The normalized spacial score (nSPS) is 11.8. The van der Waals surface area contributed by atoms with Gasteiger partial charge in [0.15, 0.2) is 0 Å². The van der Waals surface area contributed by atoms with E-state index < -0.39 is 21.3 Å². The van der Waals surface area contributed by atoms with E-state index in [9.17, 15) is 13.2 Å². The Hall–Kier alpha value is -1.53. The van der Waals surface area contributed by atoms with Crippen LogP contribution in [0.15, 0.2) is 24.3 Å². The van der Waals surface area contributed by atoms with E-state index in [2.05, 4.69) is 0 Å². The molecule has 0 amide bonds. The number of carbonyl (C=O) groups is 1. The third-order valence-electron chi connectivity index (χ3n) is 2.68. The third kappa shape index (κ3) is 4.54. The second-order valence-corrected chi connectivity index (χ2v) is 6.00. The molecule has 1 rings (SSSR count). The molecule has 1 aromatic rings. The van der Waals surface area contributed by atoms with E-state index in [1.807, 2.05) is 6.92 Å². The molecule has 1 aromatic carbocycles. The summed E-state index contributed by atoms with van der Waals surface area (Å²) < 4.78 is 22.3. The average Bonchev–Trinajstić information content (AvgIpc) is 2.34. The summed E-state index contributed by atoms with van der Waals surface area (Å²) in [5.41, 5.74) is 1.51. The van der Waals surface area contributed by atoms with Crippen molar-refractivity contribution in [1.29, 1.82) is 0 Å². The van der Waals surface area contributed by atoms with Crippen molar-refractivity contribution in [1.82, 2.24) is 0 Å². The van der Waals surface area contributed by atoms with Gasteiger partial charge in [0.2, 0.25) is 15.3 Å². The van der Waals surface area contributed by atoms with Crippen LogP contribution in [0.3, 0.4) is 0 Å². The van der Waals surface area contributed by atoms with Gasteiger partial charge in [0.25, 0.3) is 0 Å². The summed E-state index contributed by atoms with van der Waals surface area (Å²) in [7, 11) is -2.83. The number of aryl methyl sites for hydroxylation is 1. The topological polar surface area (TPSA) is 74.7 Å². The summed E-state index contributed by atoms with van der Waals surface area (Å²) >= 11 is 5.86. The molecule has 0 saturated heterocycles. The zero-order valence-electron chi connectivity index (χ0n) is 11.2. The Kier molecular flexibility index (Phi) is 6.04. The van der Waals surface area contributed by atoms with Gasteiger partial charge in [-0.1, -0.05) is 17.7 Å². The number of anilines is 1. The minimum atomic E-state index is -2.83. The Labute approximate surface area is 124 Å². The Morgan fingerprint density at radius 1 is 1.35 bits per heavy atom. The summed E-state index contributed by atoms with van der Waals surface area (Å²) in [4.78, 5) is 11.7. The highest BCUT2D eigenvalue weighted by atomic mass is 35.5. The van der Waals surface area contributed by atoms with Crippen molar-refractivity contribution in [3.8, 4) is 0 Å². The predicted octanol–water partition coefficient (Wildman–Crippen LogP) is 1.91. The minimum absolute atomic E-state index is 0.182. The van der Waals surface area contributed by atoms with Crippen molar-refractivity contribution in [2.24, 2.45) is 0 Å². The van der Waals surface area contributed by atoms with E-state index in [0.29, 0.717) is 12.1 Å². The molecule has 1 unspecified atom stereocenters. The van der Waals surface area contributed by atoms with Crippen molar-refractivity contribution < 1.29 is 18.3 Å². The van der Waals surface area contributed by atoms with Crippen LogP contribution in [-0.2, 0) is 15.1 Å². The van der Waals surface area contributed by atoms with E-state index in [0.717, 1.165) is 5.56 Å². The highest BCUT2D eigenvalue weighted by Gasteiger charge is 2.22. The number of rotatable bonds is 4. The molecule has 7 heteroatoms. The van der Waals surface area contributed by atoms with Crippen LogP contribution in [0.4, 0.5) is 5.69 Å². The highest BCUT2D eigenvalue weighted by molar-refractivity contribution is 7.75. The van der Waals surface area contributed by atoms with Gasteiger partial charge in [0.05, 0.1) is 0 Å². The molecule has 5 nitrogen and oxygen atoms in total. The number of hydrogen-bond donors (Lipinski definition) is 1. The fraction of sp³-hybridized carbons (Fsp3) is 0.385. The summed E-state index contributed by atoms with van der Waals surface area (Å²) in [6.45, 7) is 3.87. The molecule has 0 spiro atoms. The van der Waals surface area contributed by atoms with E-state index in [1.165, 1.54) is 4.90 Å². The molecule has 0 aromatic heterocycles. The maximum absolute atomic E-state index is 11.2. The first kappa shape index (κ1) is 16.5. The molecular formula is C13H16ClNO4S. The van der Waals surface area contributed by atoms with E-state index in [-0.39, 0.29) is 11.9 Å². The quantitative estimate of drug-likeness (QED) is 0.678. The lowest BCUT2D eigenvalue weighted by Crippen LogP contribution is -2.38. The van der Waals surface area contributed by atoms with Crippen LogP contribution in [0, 0.1) is 6.92 Å². The van der Waals surface area contributed by atoms with Gasteiger partial charge in [-0.25, -0.2) is 4.79 Å². The highest BCUT2D eigenvalue weighted by Crippen LogP contribution is 2.17. The predicted molar refractivity (Wildman–Crippen MR) is 80.0 cm³/mol. The number of nitrogens with zero attached hydrogens (tertiary/aromatic N) is 1. The lowest BCUT2D eigenvalue weighted by molar-refractivity contribution is -0.129. The summed E-state index contributed by atoms with van der Waals surface area (Å²) in [6.07, 6.45) is 0.462. The molecular weight excluding hydrogens is 302 g/mol. The van der Waals surface area contributed by atoms with Gasteiger partial charge in [0.1, 0.15) is 0 Å². The Balaban J connectivity index is 3.24. The van der Waals surface area contributed by atoms with Gasteiger partial charge in [-0.2, -0.15) is 8.42 Å². The zero-order chi connectivity index (χ0) is 15.3. The Morgan fingerprint density at radius 2 is 1.90 bits per heavy atom. The van der Waals surface area contributed by atoms with E-state index in [1.54, 1.807) is 31.2 Å². The van der Waals surface area contributed by atoms with Crippen LogP contribution in [0.25, 0.3) is 0 Å². The number of carboxylic acid groups (broad SMARTS) is 1. The molecule has 0 bridgehead atoms. The summed E-state index contributed by atoms with van der Waals surface area (Å²) in [5, 5.41) is 8.91. The molecule has 110 valence electrons. The Bertz CT molecular complexity index is 600. The molecule has 0 heterocycles. The number of aliphatic carboxylic acids is 1. The number of benzene rings is 1. The molecule has 0 radical (unpaired) electrons. The van der Waals surface area contributed by atoms with Gasteiger partial charge in [-0.05, 0) is 32.4 Å². The van der Waals surface area contributed by atoms with Crippen LogP contribution >= 0.6 is 11.6 Å². The smallest absolute Gasteiger partial charge is 0.368 e. The fourth-order valence-electron chi connectivity index (χ4n) is 1.66. The number of hydrogen-bond acceptors (Lipinski definition) is 3. The second-order valence-electron chi connectivity index (χ2n) is 4.40. The standard InChI is InChI=1S/C13H16ClNO4S/c1-9-3-5-11(6-4-9)15(8-7-10(2)14)12(13(16)17)20(18)19/h3-6,10H,7-8H2,1-2H3,(H,16,17). The Morgan fingerprint density at radius 3 is 2.30 bits per heavy atom. The maximum atomic E-state index is 11.2. The second kappa shape index (κ2) is 7.31. The first-order valence-electron chi connectivity index (χ1n) is 6.00. The molecule has 20 heavy (non-hydrogen) atoms. The monoisotopic (exact) mass is 317 g/mol. The van der Waals surface area contributed by atoms with Crippen molar-refractivity contribution in [3.63, 3.8) is 0 Å². The first-order valence-corrected chi connectivity index (χ1v) is 7.52. The van der Waals surface area contributed by atoms with Crippen molar-refractivity contribution >= 4 is 38.5 Å². The number of halogens is 1. The molecule has 0 aliphatic rings. The summed E-state index contributed by atoms with van der Waals surface area (Å²) in [5.74, 6) is -1.49. The third-order valence-corrected chi connectivity index (χ3v) is 3.61. The van der Waals surface area contributed by atoms with Crippen molar-refractivity contribution in [2.45, 2.75) is 25.6 Å². The SMILES string of the molecule is Cc1ccc(N(CCC(C)Cl)C(C(=O)O)=S(=O)=O)cc1. The fourth-order valence-corrected chi connectivity index (χ4v) is 2.27. The van der Waals surface area contributed by atoms with E-state index in [4.69, 9.17) is 16.7 Å². The van der Waals surface area contributed by atoms with Crippen molar-refractivity contribution in [3.05, 3.63) is 29.8 Å². The largest absolute Gasteiger partial charge is 0.476 e.